The van der Waals surface area contributed by atoms with E-state index in [1.807, 2.05) is 0 Å². The van der Waals surface area contributed by atoms with E-state index in [1.54, 1.807) is 11.7 Å². The molecule has 0 aromatic carbocycles. The molecule has 0 saturated carbocycles. The van der Waals surface area contributed by atoms with Crippen LogP contribution >= 0.6 is 11.3 Å². The summed E-state index contributed by atoms with van der Waals surface area (Å²) in [6.45, 7) is 0.637. The second kappa shape index (κ2) is 4.30. The zero-order valence-corrected chi connectivity index (χ0v) is 8.33. The lowest BCUT2D eigenvalue weighted by Crippen LogP contribution is -2.00. The summed E-state index contributed by atoms with van der Waals surface area (Å²) in [6, 6.07) is 0. The van der Waals surface area contributed by atoms with Gasteiger partial charge in [-0.2, -0.15) is 4.98 Å². The highest BCUT2D eigenvalue weighted by molar-refractivity contribution is 7.13. The third-order valence-corrected chi connectivity index (χ3v) is 2.48. The predicted molar refractivity (Wildman–Crippen MR) is 52.8 cm³/mol. The molecular formula is C8H10N4OS. The Bertz CT molecular complexity index is 384. The normalized spacial score (nSPS) is 10.6. The van der Waals surface area contributed by atoms with Crippen molar-refractivity contribution in [2.24, 2.45) is 5.73 Å². The standard InChI is InChI=1S/C8H10N4OS/c9-3-1-2-7-11-8(12-13-7)6-4-10-5-14-6/h4-5H,1-3,9H2. The quantitative estimate of drug-likeness (QED) is 0.817. The molecule has 6 heteroatoms. The van der Waals surface area contributed by atoms with E-state index in [9.17, 15) is 0 Å². The Kier molecular flexibility index (Phi) is 2.85. The molecule has 0 spiro atoms. The second-order valence-electron chi connectivity index (χ2n) is 2.77. The van der Waals surface area contributed by atoms with Crippen molar-refractivity contribution >= 4 is 11.3 Å². The molecule has 0 radical (unpaired) electrons. The number of aryl methyl sites for hydroxylation is 1. The third-order valence-electron chi connectivity index (χ3n) is 1.72. The highest BCUT2D eigenvalue weighted by atomic mass is 32.1. The summed E-state index contributed by atoms with van der Waals surface area (Å²) in [5.41, 5.74) is 7.12. The van der Waals surface area contributed by atoms with E-state index in [2.05, 4.69) is 15.1 Å². The summed E-state index contributed by atoms with van der Waals surface area (Å²) in [7, 11) is 0. The van der Waals surface area contributed by atoms with Crippen LogP contribution in [-0.4, -0.2) is 21.7 Å². The average Bonchev–Trinajstić information content (AvgIpc) is 2.85. The summed E-state index contributed by atoms with van der Waals surface area (Å²) in [5.74, 6) is 1.25. The summed E-state index contributed by atoms with van der Waals surface area (Å²) < 4.78 is 5.05. The summed E-state index contributed by atoms with van der Waals surface area (Å²) >= 11 is 1.49. The molecule has 0 bridgehead atoms. The molecule has 0 saturated heterocycles. The van der Waals surface area contributed by atoms with Gasteiger partial charge in [0.1, 0.15) is 0 Å². The van der Waals surface area contributed by atoms with Crippen LogP contribution in [0.15, 0.2) is 16.2 Å². The molecule has 2 aromatic heterocycles. The minimum absolute atomic E-state index is 0.611. The first-order chi connectivity index (χ1) is 6.90. The largest absolute Gasteiger partial charge is 0.339 e. The van der Waals surface area contributed by atoms with Crippen LogP contribution in [0.3, 0.4) is 0 Å². The number of nitrogens with zero attached hydrogens (tertiary/aromatic N) is 3. The van der Waals surface area contributed by atoms with Crippen molar-refractivity contribution < 1.29 is 4.52 Å². The maximum Gasteiger partial charge on any atom is 0.227 e. The Morgan fingerprint density at radius 3 is 3.14 bits per heavy atom. The monoisotopic (exact) mass is 210 g/mol. The molecule has 5 nitrogen and oxygen atoms in total. The van der Waals surface area contributed by atoms with Crippen molar-refractivity contribution in [3.8, 4) is 10.7 Å². The van der Waals surface area contributed by atoms with Gasteiger partial charge in [0.05, 0.1) is 10.4 Å². The zero-order chi connectivity index (χ0) is 9.80. The molecule has 0 atom stereocenters. The fourth-order valence-corrected chi connectivity index (χ4v) is 1.58. The van der Waals surface area contributed by atoms with Crippen LogP contribution in [0.25, 0.3) is 10.7 Å². The summed E-state index contributed by atoms with van der Waals surface area (Å²) in [4.78, 5) is 9.10. The number of thiazole rings is 1. The van der Waals surface area contributed by atoms with Crippen LogP contribution in [0.2, 0.25) is 0 Å². The van der Waals surface area contributed by atoms with E-state index in [1.165, 1.54) is 11.3 Å². The van der Waals surface area contributed by atoms with Crippen LogP contribution in [0.5, 0.6) is 0 Å². The minimum Gasteiger partial charge on any atom is -0.339 e. The lowest BCUT2D eigenvalue weighted by atomic mass is 10.3. The first kappa shape index (κ1) is 9.29. The van der Waals surface area contributed by atoms with E-state index in [0.717, 1.165) is 17.7 Å². The van der Waals surface area contributed by atoms with Crippen LogP contribution in [0.4, 0.5) is 0 Å². The zero-order valence-electron chi connectivity index (χ0n) is 7.51. The minimum atomic E-state index is 0.611. The molecule has 2 aromatic rings. The highest BCUT2D eigenvalue weighted by Gasteiger charge is 2.08. The molecule has 0 aliphatic rings. The first-order valence-corrected chi connectivity index (χ1v) is 5.19. The van der Waals surface area contributed by atoms with Crippen molar-refractivity contribution in [1.82, 2.24) is 15.1 Å². The lowest BCUT2D eigenvalue weighted by Gasteiger charge is -1.87. The molecule has 14 heavy (non-hydrogen) atoms. The molecular weight excluding hydrogens is 200 g/mol. The van der Waals surface area contributed by atoms with E-state index in [-0.39, 0.29) is 0 Å². The van der Waals surface area contributed by atoms with Crippen LogP contribution < -0.4 is 5.73 Å². The van der Waals surface area contributed by atoms with Gasteiger partial charge in [-0.05, 0) is 13.0 Å². The highest BCUT2D eigenvalue weighted by Crippen LogP contribution is 2.19. The molecule has 0 fully saturated rings. The predicted octanol–water partition coefficient (Wildman–Crippen LogP) is 1.08. The molecule has 0 unspecified atom stereocenters. The van der Waals surface area contributed by atoms with E-state index >= 15 is 0 Å². The van der Waals surface area contributed by atoms with Gasteiger partial charge in [0, 0.05) is 12.6 Å². The van der Waals surface area contributed by atoms with Gasteiger partial charge in [0.15, 0.2) is 0 Å². The first-order valence-electron chi connectivity index (χ1n) is 4.31. The fourth-order valence-electron chi connectivity index (χ4n) is 1.04. The summed E-state index contributed by atoms with van der Waals surface area (Å²) in [5, 5.41) is 3.86. The number of hydrogen-bond acceptors (Lipinski definition) is 6. The van der Waals surface area contributed by atoms with Crippen molar-refractivity contribution in [1.29, 1.82) is 0 Å². The molecule has 0 aliphatic carbocycles. The van der Waals surface area contributed by atoms with Gasteiger partial charge < -0.3 is 10.3 Å². The maximum absolute atomic E-state index is 5.38. The molecule has 2 rings (SSSR count). The SMILES string of the molecule is NCCCc1nc(-c2cncs2)no1. The van der Waals surface area contributed by atoms with Crippen molar-refractivity contribution in [2.75, 3.05) is 6.54 Å². The lowest BCUT2D eigenvalue weighted by molar-refractivity contribution is 0.377. The third kappa shape index (κ3) is 1.97. The van der Waals surface area contributed by atoms with Gasteiger partial charge in [-0.15, -0.1) is 11.3 Å². The summed E-state index contributed by atoms with van der Waals surface area (Å²) in [6.07, 6.45) is 3.33. The van der Waals surface area contributed by atoms with Crippen molar-refractivity contribution in [3.05, 3.63) is 17.6 Å². The van der Waals surface area contributed by atoms with E-state index in [0.29, 0.717) is 18.3 Å². The Labute approximate surface area is 85.0 Å². The molecule has 0 aliphatic heterocycles. The second-order valence-corrected chi connectivity index (χ2v) is 3.66. The Hall–Kier alpha value is -1.27. The average molecular weight is 210 g/mol. The molecule has 74 valence electrons. The van der Waals surface area contributed by atoms with Crippen LogP contribution in [-0.2, 0) is 6.42 Å². The number of aromatic nitrogens is 3. The van der Waals surface area contributed by atoms with Crippen LogP contribution in [0, 0.1) is 0 Å². The number of rotatable bonds is 4. The molecule has 2 N–H and O–H groups in total. The van der Waals surface area contributed by atoms with Gasteiger partial charge in [-0.1, -0.05) is 5.16 Å². The Balaban J connectivity index is 2.10. The van der Waals surface area contributed by atoms with Crippen molar-refractivity contribution in [2.45, 2.75) is 12.8 Å². The van der Waals surface area contributed by atoms with E-state index in [4.69, 9.17) is 10.3 Å². The Morgan fingerprint density at radius 1 is 1.50 bits per heavy atom. The number of nitrogens with two attached hydrogens (primary N) is 1. The Morgan fingerprint density at radius 2 is 2.43 bits per heavy atom. The van der Waals surface area contributed by atoms with E-state index < -0.39 is 0 Å². The van der Waals surface area contributed by atoms with Gasteiger partial charge in [0.2, 0.25) is 11.7 Å². The fraction of sp³-hybridized carbons (Fsp3) is 0.375. The molecule has 0 amide bonds. The smallest absolute Gasteiger partial charge is 0.227 e. The van der Waals surface area contributed by atoms with Gasteiger partial charge in [-0.3, -0.25) is 4.98 Å². The molecule has 2 heterocycles. The topological polar surface area (TPSA) is 77.8 Å². The van der Waals surface area contributed by atoms with Crippen molar-refractivity contribution in [3.63, 3.8) is 0 Å². The van der Waals surface area contributed by atoms with Gasteiger partial charge in [0.25, 0.3) is 0 Å². The van der Waals surface area contributed by atoms with Gasteiger partial charge in [-0.25, -0.2) is 0 Å². The maximum atomic E-state index is 5.38. The van der Waals surface area contributed by atoms with Crippen LogP contribution in [0.1, 0.15) is 12.3 Å². The number of hydrogen-bond donors (Lipinski definition) is 1. The van der Waals surface area contributed by atoms with Gasteiger partial charge >= 0.3 is 0 Å².